The Balaban J connectivity index is 1.82. The number of esters is 2. The van der Waals surface area contributed by atoms with Gasteiger partial charge in [0.05, 0.1) is 17.1 Å². The summed E-state index contributed by atoms with van der Waals surface area (Å²) in [5, 5.41) is 5.70. The number of aryl methyl sites for hydroxylation is 2. The van der Waals surface area contributed by atoms with Gasteiger partial charge >= 0.3 is 18.0 Å². The van der Waals surface area contributed by atoms with Crippen LogP contribution in [0.1, 0.15) is 168 Å². The number of amides is 2. The van der Waals surface area contributed by atoms with Crippen LogP contribution in [0.3, 0.4) is 0 Å². The van der Waals surface area contributed by atoms with Gasteiger partial charge < -0.3 is 29.6 Å². The predicted molar refractivity (Wildman–Crippen MR) is 240 cm³/mol. The average Bonchev–Trinajstić information content (AvgIpc) is 3.11. The van der Waals surface area contributed by atoms with Gasteiger partial charge in [-0.3, -0.25) is 19.2 Å². The van der Waals surface area contributed by atoms with E-state index in [4.69, 9.17) is 18.9 Å². The zero-order valence-corrected chi connectivity index (χ0v) is 40.0. The first-order chi connectivity index (χ1) is 28.0. The van der Waals surface area contributed by atoms with Gasteiger partial charge in [-0.25, -0.2) is 4.79 Å². The van der Waals surface area contributed by atoms with Crippen molar-refractivity contribution in [3.63, 3.8) is 0 Å². The molecule has 11 heteroatoms. The predicted octanol–water partition coefficient (Wildman–Crippen LogP) is 9.81. The maximum Gasteiger partial charge on any atom is 0.408 e. The highest BCUT2D eigenvalue weighted by Gasteiger charge is 2.48. The molecule has 0 unspecified atom stereocenters. The van der Waals surface area contributed by atoms with E-state index in [0.29, 0.717) is 12.8 Å². The lowest BCUT2D eigenvalue weighted by molar-refractivity contribution is -0.225. The zero-order chi connectivity index (χ0) is 46.4. The molecule has 5 atom stereocenters. The van der Waals surface area contributed by atoms with E-state index >= 15 is 0 Å². The number of Topliss-reactive ketones (excluding diaryl/α,β-unsaturated/α-hetero) is 1. The molecule has 0 aliphatic carbocycles. The van der Waals surface area contributed by atoms with E-state index < -0.39 is 58.3 Å². The SMILES string of the molecule is CC[C@H]1O[C@@H](c2cc(Cc3ccc(/C=C/C(C)(C)C(=O)CC(C)(C)C(=O)NCC(C)(C)NC(=O)OC(C)(C)C)cc3C)c(C(C)C)cc2C)[C@H](OC(C)=O)[C@@H](OC(C)=O)[C@@H]1C. The molecule has 61 heavy (non-hydrogen) atoms. The van der Waals surface area contributed by atoms with E-state index in [-0.39, 0.29) is 42.6 Å². The van der Waals surface area contributed by atoms with Gasteiger partial charge in [0.1, 0.15) is 23.6 Å². The first-order valence-electron chi connectivity index (χ1n) is 21.7. The van der Waals surface area contributed by atoms with E-state index in [1.807, 2.05) is 52.8 Å². The first kappa shape index (κ1) is 50.8. The Morgan fingerprint density at radius 2 is 1.44 bits per heavy atom. The molecule has 1 aliphatic heterocycles. The van der Waals surface area contributed by atoms with Crippen molar-refractivity contribution in [3.05, 3.63) is 75.4 Å². The molecule has 2 amide bonds. The van der Waals surface area contributed by atoms with Crippen molar-refractivity contribution in [3.8, 4) is 0 Å². The monoisotopic (exact) mass is 847 g/mol. The van der Waals surface area contributed by atoms with E-state index in [1.54, 1.807) is 48.5 Å². The number of ketones is 1. The highest BCUT2D eigenvalue weighted by Crippen LogP contribution is 2.42. The number of allylic oxidation sites excluding steroid dienone is 1. The Labute approximate surface area is 365 Å². The minimum Gasteiger partial charge on any atom is -0.458 e. The summed E-state index contributed by atoms with van der Waals surface area (Å²) in [7, 11) is 0. The minimum absolute atomic E-state index is 0.0286. The number of carbonyl (C=O) groups excluding carboxylic acids is 5. The molecule has 2 aromatic carbocycles. The molecule has 0 radical (unpaired) electrons. The summed E-state index contributed by atoms with van der Waals surface area (Å²) < 4.78 is 23.8. The summed E-state index contributed by atoms with van der Waals surface area (Å²) in [6.07, 6.45) is 2.35. The zero-order valence-electron chi connectivity index (χ0n) is 40.0. The number of hydrogen-bond donors (Lipinski definition) is 2. The van der Waals surface area contributed by atoms with Crippen molar-refractivity contribution in [2.24, 2.45) is 16.7 Å². The standard InChI is InChI=1S/C50H74N2O9/c1-18-40-32(6)42(58-33(7)53)44(59-34(8)54)43(60-40)39-26-37(38(29(2)3)24-31(39)5)25-36-20-19-35(23-30(36)4)21-22-48(12,13)41(55)27-49(14,15)45(56)51-28-50(16,17)52-46(57)61-47(9,10)11/h19-24,26,29,32,40,42-44H,18,25,27-28H2,1-17H3,(H,51,56)(H,52,57)/b22-21+/t32-,40-,42+,43+,44-/m1/s1. The molecule has 1 aliphatic rings. The van der Waals surface area contributed by atoms with Crippen LogP contribution in [0.15, 0.2) is 36.4 Å². The fourth-order valence-electron chi connectivity index (χ4n) is 7.77. The summed E-state index contributed by atoms with van der Waals surface area (Å²) >= 11 is 0. The number of benzene rings is 2. The molecule has 0 saturated carbocycles. The second-order valence-electron chi connectivity index (χ2n) is 20.2. The van der Waals surface area contributed by atoms with Crippen LogP contribution < -0.4 is 10.6 Å². The van der Waals surface area contributed by atoms with Gasteiger partial charge in [0.15, 0.2) is 6.10 Å². The molecule has 338 valence electrons. The Morgan fingerprint density at radius 3 is 1.98 bits per heavy atom. The lowest BCUT2D eigenvalue weighted by Crippen LogP contribution is -2.54. The van der Waals surface area contributed by atoms with E-state index in [1.165, 1.54) is 19.4 Å². The lowest BCUT2D eigenvalue weighted by atomic mass is 9.77. The van der Waals surface area contributed by atoms with E-state index in [2.05, 4.69) is 55.7 Å². The van der Waals surface area contributed by atoms with Crippen molar-refractivity contribution in [2.45, 2.75) is 178 Å². The molecule has 2 aromatic rings. The average molecular weight is 847 g/mol. The summed E-state index contributed by atoms with van der Waals surface area (Å²) in [4.78, 5) is 64.0. The van der Waals surface area contributed by atoms with Crippen molar-refractivity contribution >= 4 is 35.8 Å². The third-order valence-corrected chi connectivity index (χ3v) is 11.4. The largest absolute Gasteiger partial charge is 0.458 e. The van der Waals surface area contributed by atoms with Crippen molar-refractivity contribution in [1.29, 1.82) is 0 Å². The van der Waals surface area contributed by atoms with Gasteiger partial charge in [0.2, 0.25) is 5.91 Å². The van der Waals surface area contributed by atoms with Crippen LogP contribution in [0.25, 0.3) is 6.08 Å². The van der Waals surface area contributed by atoms with Crippen LogP contribution in [0.5, 0.6) is 0 Å². The molecule has 2 N–H and O–H groups in total. The maximum atomic E-state index is 13.7. The second-order valence-corrected chi connectivity index (χ2v) is 20.2. The number of carbonyl (C=O) groups is 5. The molecule has 1 saturated heterocycles. The molecule has 1 fully saturated rings. The van der Waals surface area contributed by atoms with Gasteiger partial charge in [-0.05, 0) is 120 Å². The van der Waals surface area contributed by atoms with Crippen LogP contribution in [-0.2, 0) is 44.5 Å². The van der Waals surface area contributed by atoms with Crippen molar-refractivity contribution in [1.82, 2.24) is 10.6 Å². The lowest BCUT2D eigenvalue weighted by Gasteiger charge is -2.45. The summed E-state index contributed by atoms with van der Waals surface area (Å²) in [6.45, 7) is 31.5. The van der Waals surface area contributed by atoms with Crippen molar-refractivity contribution in [2.75, 3.05) is 6.54 Å². The van der Waals surface area contributed by atoms with Crippen LogP contribution in [0.2, 0.25) is 0 Å². The van der Waals surface area contributed by atoms with Gasteiger partial charge in [-0.1, -0.05) is 84.0 Å². The third kappa shape index (κ3) is 14.3. The molecule has 0 aromatic heterocycles. The van der Waals surface area contributed by atoms with Gasteiger partial charge in [-0.2, -0.15) is 0 Å². The molecule has 0 spiro atoms. The molecular formula is C50H74N2O9. The summed E-state index contributed by atoms with van der Waals surface area (Å²) in [5.41, 5.74) is 4.16. The molecule has 1 heterocycles. The minimum atomic E-state index is -0.988. The van der Waals surface area contributed by atoms with Gasteiger partial charge in [-0.15, -0.1) is 0 Å². The maximum absolute atomic E-state index is 13.7. The number of alkyl carbamates (subject to hydrolysis) is 1. The number of rotatable bonds is 16. The summed E-state index contributed by atoms with van der Waals surface area (Å²) in [5.74, 6) is -1.20. The summed E-state index contributed by atoms with van der Waals surface area (Å²) in [6, 6.07) is 10.6. The van der Waals surface area contributed by atoms with E-state index in [0.717, 1.165) is 33.4 Å². The third-order valence-electron chi connectivity index (χ3n) is 11.4. The Kier molecular flexibility index (Phi) is 16.8. The van der Waals surface area contributed by atoms with Gasteiger partial charge in [0.25, 0.3) is 0 Å². The number of hydrogen-bond acceptors (Lipinski definition) is 9. The second kappa shape index (κ2) is 20.1. The van der Waals surface area contributed by atoms with Gasteiger partial charge in [0, 0.05) is 38.1 Å². The van der Waals surface area contributed by atoms with Crippen LogP contribution in [0.4, 0.5) is 4.79 Å². The number of ether oxygens (including phenoxy) is 4. The Hall–Kier alpha value is -4.51. The van der Waals surface area contributed by atoms with Crippen LogP contribution >= 0.6 is 0 Å². The molecule has 0 bridgehead atoms. The molecular weight excluding hydrogens is 773 g/mol. The first-order valence-corrected chi connectivity index (χ1v) is 21.7. The number of nitrogens with one attached hydrogen (secondary N) is 2. The fourth-order valence-corrected chi connectivity index (χ4v) is 7.77. The van der Waals surface area contributed by atoms with Crippen LogP contribution in [-0.4, -0.2) is 65.7 Å². The van der Waals surface area contributed by atoms with E-state index in [9.17, 15) is 24.0 Å². The molecule has 3 rings (SSSR count). The topological polar surface area (TPSA) is 146 Å². The highest BCUT2D eigenvalue weighted by molar-refractivity contribution is 5.93. The van der Waals surface area contributed by atoms with Crippen LogP contribution in [0, 0.1) is 30.6 Å². The molecule has 11 nitrogen and oxygen atoms in total. The van der Waals surface area contributed by atoms with Crippen molar-refractivity contribution < 1.29 is 42.9 Å². The smallest absolute Gasteiger partial charge is 0.408 e. The fraction of sp³-hybridized carbons (Fsp3) is 0.620. The quantitative estimate of drug-likeness (QED) is 0.125. The Morgan fingerprint density at radius 1 is 0.836 bits per heavy atom. The Bertz CT molecular complexity index is 1950. The normalized spacial score (nSPS) is 20.0. The highest BCUT2D eigenvalue weighted by atomic mass is 16.6.